The number of halogens is 1. The highest BCUT2D eigenvalue weighted by atomic mass is 32.1. The van der Waals surface area contributed by atoms with Gasteiger partial charge >= 0.3 is 0 Å². The molecule has 0 amide bonds. The molecule has 1 aliphatic carbocycles. The number of hydrogen-bond acceptors (Lipinski definition) is 4. The van der Waals surface area contributed by atoms with Gasteiger partial charge in [0, 0.05) is 35.4 Å². The summed E-state index contributed by atoms with van der Waals surface area (Å²) in [7, 11) is 0. The van der Waals surface area contributed by atoms with E-state index in [9.17, 15) is 14.6 Å². The van der Waals surface area contributed by atoms with Crippen LogP contribution in [0.2, 0.25) is 0 Å². The summed E-state index contributed by atoms with van der Waals surface area (Å²) in [6, 6.07) is 10.6. The second kappa shape index (κ2) is 8.92. The predicted octanol–water partition coefficient (Wildman–Crippen LogP) is 4.90. The van der Waals surface area contributed by atoms with Gasteiger partial charge < -0.3 is 14.9 Å². The lowest BCUT2D eigenvalue weighted by Crippen LogP contribution is -2.33. The van der Waals surface area contributed by atoms with E-state index in [4.69, 9.17) is 4.74 Å². The fraction of sp³-hybridized carbons (Fsp3) is 0.417. The molecule has 2 aliphatic rings. The van der Waals surface area contributed by atoms with Crippen molar-refractivity contribution in [2.45, 2.75) is 57.1 Å². The number of aliphatic hydroxyl groups excluding tert-OH is 2. The maximum Gasteiger partial charge on any atom is 0.122 e. The minimum absolute atomic E-state index is 0.0717. The zero-order chi connectivity index (χ0) is 20.4. The van der Waals surface area contributed by atoms with Crippen LogP contribution >= 0.6 is 11.3 Å². The smallest absolute Gasteiger partial charge is 0.122 e. The van der Waals surface area contributed by atoms with Crippen LogP contribution in [-0.2, 0) is 11.2 Å². The van der Waals surface area contributed by atoms with Crippen molar-refractivity contribution in [3.63, 3.8) is 0 Å². The van der Waals surface area contributed by atoms with Crippen LogP contribution in [0.5, 0.6) is 0 Å². The standard InChI is InChI=1S/C24H27FO3S/c1-15-2-3-17(23-13-20(27)12-21(14-26)28-23)10-18(15)11-22-8-9-24(29-22)16-4-6-19(25)7-5-16/h2-6,8-10,19-21,23,26-27H,7,11-14H2,1H3. The number of rotatable bonds is 5. The Labute approximate surface area is 175 Å². The molecule has 0 radical (unpaired) electrons. The molecular weight excluding hydrogens is 387 g/mol. The Morgan fingerprint density at radius 2 is 2.07 bits per heavy atom. The minimum atomic E-state index is -0.866. The molecule has 2 heterocycles. The van der Waals surface area contributed by atoms with Gasteiger partial charge in [0.25, 0.3) is 0 Å². The SMILES string of the molecule is Cc1ccc(C2CC(O)CC(CO)O2)cc1Cc1ccc(C2=CCC(F)C=C2)s1. The Balaban J connectivity index is 1.51. The third kappa shape index (κ3) is 4.86. The molecule has 2 N–H and O–H groups in total. The van der Waals surface area contributed by atoms with Gasteiger partial charge in [0.15, 0.2) is 0 Å². The molecule has 2 aromatic rings. The van der Waals surface area contributed by atoms with E-state index in [-0.39, 0.29) is 18.8 Å². The molecule has 0 bridgehead atoms. The quantitative estimate of drug-likeness (QED) is 0.732. The average Bonchev–Trinajstić information content (AvgIpc) is 3.18. The van der Waals surface area contributed by atoms with Gasteiger partial charge in [0.05, 0.1) is 24.9 Å². The molecule has 1 aliphatic heterocycles. The van der Waals surface area contributed by atoms with Gasteiger partial charge in [-0.25, -0.2) is 4.39 Å². The molecular formula is C24H27FO3S. The number of alkyl halides is 1. The van der Waals surface area contributed by atoms with Crippen LogP contribution in [0.1, 0.15) is 51.8 Å². The summed E-state index contributed by atoms with van der Waals surface area (Å²) in [6.07, 6.45) is 5.96. The van der Waals surface area contributed by atoms with Gasteiger partial charge in [-0.15, -0.1) is 11.3 Å². The summed E-state index contributed by atoms with van der Waals surface area (Å²) < 4.78 is 19.3. The molecule has 154 valence electrons. The van der Waals surface area contributed by atoms with Crippen molar-refractivity contribution in [3.05, 3.63) is 75.0 Å². The van der Waals surface area contributed by atoms with Crippen LogP contribution in [0.3, 0.4) is 0 Å². The van der Waals surface area contributed by atoms with E-state index in [0.717, 1.165) is 17.6 Å². The maximum atomic E-state index is 13.3. The van der Waals surface area contributed by atoms with Crippen molar-refractivity contribution in [2.75, 3.05) is 6.61 Å². The molecule has 3 nitrogen and oxygen atoms in total. The summed E-state index contributed by atoms with van der Waals surface area (Å²) in [5.41, 5.74) is 4.60. The number of allylic oxidation sites excluding steroid dienone is 4. The number of hydrogen-bond donors (Lipinski definition) is 2. The van der Waals surface area contributed by atoms with E-state index < -0.39 is 12.3 Å². The monoisotopic (exact) mass is 414 g/mol. The Morgan fingerprint density at radius 3 is 2.83 bits per heavy atom. The van der Waals surface area contributed by atoms with E-state index in [1.165, 1.54) is 20.9 Å². The normalized spacial score (nSPS) is 27.1. The maximum absolute atomic E-state index is 13.3. The van der Waals surface area contributed by atoms with Gasteiger partial charge in [0.1, 0.15) is 6.17 Å². The van der Waals surface area contributed by atoms with Crippen molar-refractivity contribution in [2.24, 2.45) is 0 Å². The van der Waals surface area contributed by atoms with Crippen LogP contribution in [0, 0.1) is 6.92 Å². The van der Waals surface area contributed by atoms with Crippen LogP contribution in [0.25, 0.3) is 5.57 Å². The van der Waals surface area contributed by atoms with Crippen molar-refractivity contribution in [1.82, 2.24) is 0 Å². The fourth-order valence-corrected chi connectivity index (χ4v) is 5.05. The molecule has 4 atom stereocenters. The summed E-state index contributed by atoms with van der Waals surface area (Å²) in [5, 5.41) is 19.5. The summed E-state index contributed by atoms with van der Waals surface area (Å²) in [5.74, 6) is 0. The average molecular weight is 415 g/mol. The zero-order valence-corrected chi connectivity index (χ0v) is 17.4. The molecule has 29 heavy (non-hydrogen) atoms. The Kier molecular flexibility index (Phi) is 6.30. The van der Waals surface area contributed by atoms with Gasteiger partial charge in [-0.1, -0.05) is 30.4 Å². The topological polar surface area (TPSA) is 49.7 Å². The summed E-state index contributed by atoms with van der Waals surface area (Å²) >= 11 is 1.74. The van der Waals surface area contributed by atoms with Crippen LogP contribution in [-0.4, -0.2) is 35.2 Å². The van der Waals surface area contributed by atoms with E-state index in [1.54, 1.807) is 17.4 Å². The van der Waals surface area contributed by atoms with E-state index in [2.05, 4.69) is 37.3 Å². The van der Waals surface area contributed by atoms with Gasteiger partial charge in [-0.3, -0.25) is 0 Å². The molecule has 1 aromatic carbocycles. The lowest BCUT2D eigenvalue weighted by Gasteiger charge is -2.32. The molecule has 4 unspecified atom stereocenters. The van der Waals surface area contributed by atoms with Crippen LogP contribution in [0.15, 0.2) is 48.6 Å². The van der Waals surface area contributed by atoms with Gasteiger partial charge in [-0.2, -0.15) is 0 Å². The first-order valence-corrected chi connectivity index (χ1v) is 11.0. The lowest BCUT2D eigenvalue weighted by atomic mass is 9.93. The Hall–Kier alpha value is -1.79. The summed E-state index contributed by atoms with van der Waals surface area (Å²) in [4.78, 5) is 2.43. The Morgan fingerprint density at radius 1 is 1.21 bits per heavy atom. The second-order valence-electron chi connectivity index (χ2n) is 7.95. The predicted molar refractivity (Wildman–Crippen MR) is 115 cm³/mol. The molecule has 0 saturated carbocycles. The highest BCUT2D eigenvalue weighted by molar-refractivity contribution is 7.13. The van der Waals surface area contributed by atoms with E-state index >= 15 is 0 Å². The minimum Gasteiger partial charge on any atom is -0.394 e. The zero-order valence-electron chi connectivity index (χ0n) is 16.6. The lowest BCUT2D eigenvalue weighted by molar-refractivity contribution is -0.113. The number of aryl methyl sites for hydroxylation is 1. The van der Waals surface area contributed by atoms with E-state index in [0.29, 0.717) is 19.3 Å². The third-order valence-electron chi connectivity index (χ3n) is 5.68. The van der Waals surface area contributed by atoms with Crippen molar-refractivity contribution >= 4 is 16.9 Å². The Bertz CT molecular complexity index is 917. The first kappa shape index (κ1) is 20.5. The van der Waals surface area contributed by atoms with Gasteiger partial charge in [-0.05, 0) is 47.4 Å². The largest absolute Gasteiger partial charge is 0.394 e. The first-order chi connectivity index (χ1) is 14.0. The number of benzene rings is 1. The second-order valence-corrected chi connectivity index (χ2v) is 9.12. The molecule has 1 saturated heterocycles. The number of thiophene rings is 1. The molecule has 4 rings (SSSR count). The van der Waals surface area contributed by atoms with Crippen molar-refractivity contribution in [1.29, 1.82) is 0 Å². The van der Waals surface area contributed by atoms with Crippen LogP contribution in [0.4, 0.5) is 4.39 Å². The fourth-order valence-electron chi connectivity index (χ4n) is 4.00. The van der Waals surface area contributed by atoms with Crippen LogP contribution < -0.4 is 0 Å². The van der Waals surface area contributed by atoms with E-state index in [1.807, 2.05) is 12.2 Å². The molecule has 5 heteroatoms. The number of ether oxygens (including phenoxy) is 1. The third-order valence-corrected chi connectivity index (χ3v) is 6.82. The van der Waals surface area contributed by atoms with Gasteiger partial charge in [0.2, 0.25) is 0 Å². The summed E-state index contributed by atoms with van der Waals surface area (Å²) in [6.45, 7) is 2.03. The molecule has 1 fully saturated rings. The molecule has 0 spiro atoms. The highest BCUT2D eigenvalue weighted by Crippen LogP contribution is 2.34. The highest BCUT2D eigenvalue weighted by Gasteiger charge is 2.29. The van der Waals surface area contributed by atoms with Crippen molar-refractivity contribution in [3.8, 4) is 0 Å². The molecule has 1 aromatic heterocycles. The number of aliphatic hydroxyl groups is 2. The van der Waals surface area contributed by atoms with Crippen molar-refractivity contribution < 1.29 is 19.3 Å². The first-order valence-electron chi connectivity index (χ1n) is 10.2.